The molecule has 2 fully saturated rings. The first-order valence-corrected chi connectivity index (χ1v) is 11.0. The van der Waals surface area contributed by atoms with Gasteiger partial charge in [0.25, 0.3) is 5.56 Å². The molecule has 3 N–H and O–H groups in total. The van der Waals surface area contributed by atoms with Crippen molar-refractivity contribution in [3.05, 3.63) is 33.1 Å². The standard InChI is InChI=1S/C17H26N3O9P/c1-4-25-14(22)10(2)6-8-26-30(24)27-9-11-13(29-30)17(3,18)15(28-11)20-7-5-12(21)19-16(20)23/h5,7,10-11,13,15H,4,6,8-9,18H2,1-3H3,(H,19,21,23)/t10?,11-,13-,15-,17-,30?/m1/s1. The van der Waals surface area contributed by atoms with Crippen molar-refractivity contribution in [3.8, 4) is 0 Å². The third kappa shape index (κ3) is 4.58. The fourth-order valence-electron chi connectivity index (χ4n) is 3.36. The van der Waals surface area contributed by atoms with Gasteiger partial charge in [0.15, 0.2) is 6.23 Å². The number of H-pyrrole nitrogens is 1. The molecule has 0 saturated carbocycles. The average Bonchev–Trinajstić information content (AvgIpc) is 2.92. The number of hydrogen-bond donors (Lipinski definition) is 2. The topological polar surface area (TPSA) is 161 Å². The Bertz CT molecular complexity index is 943. The van der Waals surface area contributed by atoms with Gasteiger partial charge in [-0.15, -0.1) is 0 Å². The number of nitrogens with one attached hydrogen (secondary N) is 1. The number of carbonyl (C=O) groups is 1. The molecule has 30 heavy (non-hydrogen) atoms. The maximum absolute atomic E-state index is 12.9. The number of nitrogens with zero attached hydrogens (tertiary/aromatic N) is 1. The molecular formula is C17H26N3O9P. The molecule has 0 radical (unpaired) electrons. The van der Waals surface area contributed by atoms with Crippen LogP contribution in [0.2, 0.25) is 0 Å². The predicted octanol–water partition coefficient (Wildman–Crippen LogP) is 0.281. The summed E-state index contributed by atoms with van der Waals surface area (Å²) in [6.45, 7) is 5.05. The number of hydrogen-bond acceptors (Lipinski definition) is 10. The Balaban J connectivity index is 1.67. The summed E-state index contributed by atoms with van der Waals surface area (Å²) >= 11 is 0. The quantitative estimate of drug-likeness (QED) is 0.439. The third-order valence-electron chi connectivity index (χ3n) is 5.02. The molecule has 3 rings (SSSR count). The van der Waals surface area contributed by atoms with Gasteiger partial charge >= 0.3 is 19.5 Å². The lowest BCUT2D eigenvalue weighted by Gasteiger charge is -2.35. The van der Waals surface area contributed by atoms with Crippen LogP contribution in [-0.4, -0.2) is 53.1 Å². The Morgan fingerprint density at radius 2 is 2.23 bits per heavy atom. The molecule has 2 unspecified atom stereocenters. The van der Waals surface area contributed by atoms with Gasteiger partial charge in [-0.2, -0.15) is 0 Å². The van der Waals surface area contributed by atoms with Crippen LogP contribution in [0.5, 0.6) is 0 Å². The van der Waals surface area contributed by atoms with Crippen LogP contribution < -0.4 is 17.0 Å². The predicted molar refractivity (Wildman–Crippen MR) is 103 cm³/mol. The largest absolute Gasteiger partial charge is 0.475 e. The van der Waals surface area contributed by atoms with Crippen LogP contribution in [0, 0.1) is 5.92 Å². The number of phosphoric ester groups is 1. The van der Waals surface area contributed by atoms with Crippen LogP contribution >= 0.6 is 7.82 Å². The van der Waals surface area contributed by atoms with Crippen LogP contribution in [-0.2, 0) is 32.4 Å². The van der Waals surface area contributed by atoms with Gasteiger partial charge in [0.2, 0.25) is 0 Å². The lowest BCUT2D eigenvalue weighted by atomic mass is 9.93. The second-order valence-corrected chi connectivity index (χ2v) is 9.08. The number of aromatic nitrogens is 2. The van der Waals surface area contributed by atoms with Crippen molar-refractivity contribution in [3.63, 3.8) is 0 Å². The molecule has 2 aliphatic heterocycles. The lowest BCUT2D eigenvalue weighted by molar-refractivity contribution is -0.147. The first-order valence-electron chi connectivity index (χ1n) is 9.57. The summed E-state index contributed by atoms with van der Waals surface area (Å²) in [7, 11) is -3.96. The SMILES string of the molecule is CCOC(=O)C(C)CCOP1(=O)OC[C@H]2O[C@@H](n3ccc(=O)[nH]c3=O)[C@](C)(N)[C@@H]2O1. The highest BCUT2D eigenvalue weighted by Crippen LogP contribution is 2.58. The van der Waals surface area contributed by atoms with Crippen molar-refractivity contribution in [2.45, 2.75) is 51.2 Å². The number of esters is 1. The summed E-state index contributed by atoms with van der Waals surface area (Å²) < 4.78 is 40.9. The summed E-state index contributed by atoms with van der Waals surface area (Å²) in [6, 6.07) is 1.17. The van der Waals surface area contributed by atoms with E-state index in [0.29, 0.717) is 0 Å². The highest BCUT2D eigenvalue weighted by molar-refractivity contribution is 7.48. The molecule has 2 saturated heterocycles. The Morgan fingerprint density at radius 3 is 2.90 bits per heavy atom. The summed E-state index contributed by atoms with van der Waals surface area (Å²) in [4.78, 5) is 37.3. The summed E-state index contributed by atoms with van der Waals surface area (Å²) in [5.41, 5.74) is 3.85. The van der Waals surface area contributed by atoms with E-state index in [1.165, 1.54) is 12.3 Å². The molecule has 0 bridgehead atoms. The van der Waals surface area contributed by atoms with Crippen LogP contribution in [0.15, 0.2) is 21.9 Å². The van der Waals surface area contributed by atoms with Gasteiger partial charge in [0.1, 0.15) is 12.2 Å². The van der Waals surface area contributed by atoms with Crippen LogP contribution in [0.3, 0.4) is 0 Å². The monoisotopic (exact) mass is 447 g/mol. The number of rotatable bonds is 7. The van der Waals surface area contributed by atoms with Crippen molar-refractivity contribution < 1.29 is 32.4 Å². The smallest absolute Gasteiger partial charge is 0.466 e. The first-order chi connectivity index (χ1) is 14.1. The maximum atomic E-state index is 12.9. The van der Waals surface area contributed by atoms with Crippen molar-refractivity contribution in [2.24, 2.45) is 11.7 Å². The molecule has 6 atom stereocenters. The third-order valence-corrected chi connectivity index (χ3v) is 6.47. The summed E-state index contributed by atoms with van der Waals surface area (Å²) in [5.74, 6) is -0.821. The van der Waals surface area contributed by atoms with Gasteiger partial charge in [-0.1, -0.05) is 6.92 Å². The van der Waals surface area contributed by atoms with Crippen molar-refractivity contribution in [1.82, 2.24) is 9.55 Å². The van der Waals surface area contributed by atoms with E-state index in [0.717, 1.165) is 4.57 Å². The van der Waals surface area contributed by atoms with Gasteiger partial charge < -0.3 is 15.2 Å². The molecule has 13 heteroatoms. The van der Waals surface area contributed by atoms with Gasteiger partial charge in [0, 0.05) is 12.3 Å². The molecule has 0 aliphatic carbocycles. The van der Waals surface area contributed by atoms with Crippen molar-refractivity contribution in [2.75, 3.05) is 19.8 Å². The van der Waals surface area contributed by atoms with Gasteiger partial charge in [-0.3, -0.25) is 32.7 Å². The summed E-state index contributed by atoms with van der Waals surface area (Å²) in [5, 5.41) is 0. The minimum absolute atomic E-state index is 0.0560. The Labute approximate surface area is 172 Å². The number of ether oxygens (including phenoxy) is 2. The van der Waals surface area contributed by atoms with Gasteiger partial charge in [0.05, 0.1) is 31.3 Å². The minimum atomic E-state index is -3.96. The number of carbonyl (C=O) groups excluding carboxylic acids is 1. The second kappa shape index (κ2) is 8.74. The Kier molecular flexibility index (Phi) is 6.66. The molecule has 0 spiro atoms. The van der Waals surface area contributed by atoms with E-state index in [-0.39, 0.29) is 32.2 Å². The molecule has 168 valence electrons. The fraction of sp³-hybridized carbons (Fsp3) is 0.706. The summed E-state index contributed by atoms with van der Waals surface area (Å²) in [6.07, 6.45) is -1.07. The number of fused-ring (bicyclic) bond motifs is 1. The Morgan fingerprint density at radius 1 is 1.50 bits per heavy atom. The number of aromatic amines is 1. The molecule has 1 aromatic heterocycles. The first kappa shape index (κ1) is 22.9. The van der Waals surface area contributed by atoms with Crippen LogP contribution in [0.25, 0.3) is 0 Å². The second-order valence-electron chi connectivity index (χ2n) is 7.45. The van der Waals surface area contributed by atoms with E-state index in [1.807, 2.05) is 0 Å². The van der Waals surface area contributed by atoms with Gasteiger partial charge in [-0.05, 0) is 20.3 Å². The Hall–Kier alpha value is -1.82. The van der Waals surface area contributed by atoms with Gasteiger partial charge in [-0.25, -0.2) is 9.36 Å². The minimum Gasteiger partial charge on any atom is -0.466 e. The average molecular weight is 447 g/mol. The fourth-order valence-corrected chi connectivity index (χ4v) is 4.85. The highest BCUT2D eigenvalue weighted by atomic mass is 31.2. The zero-order chi connectivity index (χ0) is 22.1. The maximum Gasteiger partial charge on any atom is 0.475 e. The van der Waals surface area contributed by atoms with Crippen molar-refractivity contribution in [1.29, 1.82) is 0 Å². The van der Waals surface area contributed by atoms with E-state index >= 15 is 0 Å². The van der Waals surface area contributed by atoms with Crippen LogP contribution in [0.4, 0.5) is 0 Å². The molecule has 3 heterocycles. The molecule has 1 aromatic rings. The number of nitrogens with two attached hydrogens (primary N) is 1. The van der Waals surface area contributed by atoms with Crippen molar-refractivity contribution >= 4 is 13.8 Å². The molecule has 0 aromatic carbocycles. The zero-order valence-electron chi connectivity index (χ0n) is 16.9. The highest BCUT2D eigenvalue weighted by Gasteiger charge is 2.59. The van der Waals surface area contributed by atoms with E-state index in [2.05, 4.69) is 4.98 Å². The normalized spacial score (nSPS) is 34.3. The van der Waals surface area contributed by atoms with E-state index in [9.17, 15) is 18.9 Å². The lowest BCUT2D eigenvalue weighted by Crippen LogP contribution is -2.55. The molecule has 2 aliphatic rings. The van der Waals surface area contributed by atoms with E-state index < -0.39 is 49.0 Å². The van der Waals surface area contributed by atoms with E-state index in [4.69, 9.17) is 28.8 Å². The number of phosphoric acid groups is 1. The molecule has 0 amide bonds. The zero-order valence-corrected chi connectivity index (χ0v) is 17.8. The van der Waals surface area contributed by atoms with E-state index in [1.54, 1.807) is 20.8 Å². The van der Waals surface area contributed by atoms with Crippen LogP contribution in [0.1, 0.15) is 33.4 Å². The molecule has 12 nitrogen and oxygen atoms in total. The molecular weight excluding hydrogens is 421 g/mol.